The first kappa shape index (κ1) is 22.2. The van der Waals surface area contributed by atoms with Crippen molar-refractivity contribution in [1.29, 1.82) is 0 Å². The zero-order valence-corrected chi connectivity index (χ0v) is 18.3. The smallest absolute Gasteiger partial charge is 0.201 e. The molecule has 0 spiro atoms. The molecule has 0 amide bonds. The number of aromatic amines is 1. The third kappa shape index (κ3) is 4.30. The fourth-order valence-electron chi connectivity index (χ4n) is 3.48. The maximum absolute atomic E-state index is 15.3. The van der Waals surface area contributed by atoms with Gasteiger partial charge in [0.25, 0.3) is 0 Å². The number of H-pyrrole nitrogens is 1. The summed E-state index contributed by atoms with van der Waals surface area (Å²) in [5.41, 5.74) is -0.693. The summed E-state index contributed by atoms with van der Waals surface area (Å²) < 4.78 is 59.7. The first-order valence-electron chi connectivity index (χ1n) is 10.4. The highest BCUT2D eigenvalue weighted by molar-refractivity contribution is 8.00. The van der Waals surface area contributed by atoms with Crippen molar-refractivity contribution in [1.82, 2.24) is 15.0 Å². The summed E-state index contributed by atoms with van der Waals surface area (Å²) >= 11 is 0.597. The van der Waals surface area contributed by atoms with E-state index in [4.69, 9.17) is 0 Å². The van der Waals surface area contributed by atoms with Gasteiger partial charge in [0.05, 0.1) is 27.1 Å². The second kappa shape index (κ2) is 8.98. The molecule has 0 aliphatic heterocycles. The molecule has 4 aromatic rings. The molecule has 6 nitrogen and oxygen atoms in total. The van der Waals surface area contributed by atoms with Crippen molar-refractivity contribution >= 4 is 40.3 Å². The van der Waals surface area contributed by atoms with Crippen LogP contribution in [0.1, 0.15) is 28.8 Å². The number of hydrogen-bond acceptors (Lipinski definition) is 6. The lowest BCUT2D eigenvalue weighted by Gasteiger charge is -2.11. The lowest BCUT2D eigenvalue weighted by molar-refractivity contribution is 0.103. The van der Waals surface area contributed by atoms with Gasteiger partial charge in [-0.25, -0.2) is 27.5 Å². The molecule has 0 bridgehead atoms. The second-order valence-corrected chi connectivity index (χ2v) is 8.71. The maximum atomic E-state index is 15.3. The fraction of sp³-hybridized carbons (Fsp3) is 0.174. The predicted octanol–water partition coefficient (Wildman–Crippen LogP) is 5.69. The van der Waals surface area contributed by atoms with E-state index in [0.717, 1.165) is 43.2 Å². The van der Waals surface area contributed by atoms with Crippen LogP contribution in [0.2, 0.25) is 0 Å². The van der Waals surface area contributed by atoms with Crippen LogP contribution < -0.4 is 10.0 Å². The lowest BCUT2D eigenvalue weighted by atomic mass is 10.0. The number of ketones is 1. The lowest BCUT2D eigenvalue weighted by Crippen LogP contribution is -2.11. The number of carbonyl (C=O) groups excluding carboxylic acids is 1. The third-order valence-corrected chi connectivity index (χ3v) is 6.31. The minimum absolute atomic E-state index is 0.00711. The van der Waals surface area contributed by atoms with Crippen LogP contribution >= 0.6 is 11.9 Å². The van der Waals surface area contributed by atoms with E-state index in [1.54, 1.807) is 0 Å². The second-order valence-electron chi connectivity index (χ2n) is 7.86. The highest BCUT2D eigenvalue weighted by Gasteiger charge is 2.27. The summed E-state index contributed by atoms with van der Waals surface area (Å²) in [7, 11) is 0. The van der Waals surface area contributed by atoms with Crippen LogP contribution in [0.3, 0.4) is 0 Å². The normalized spacial score (nSPS) is 13.3. The standard InChI is InChI=1S/C23H17F4N5OS/c24-12-3-4-14(25)17(7-12)34-32-16-6-5-15(26)19(20(16)27)21(33)13-9-29-23-18(13)22(30-10-31-23)28-8-11-1-2-11/h3-7,9-11,32H,1-2,8H2,(H2,28,29,30,31). The van der Waals surface area contributed by atoms with Crippen LogP contribution in [0.15, 0.2) is 47.8 Å². The van der Waals surface area contributed by atoms with E-state index in [1.807, 2.05) is 0 Å². The number of halogens is 4. The van der Waals surface area contributed by atoms with Crippen LogP contribution in [-0.4, -0.2) is 27.3 Å². The summed E-state index contributed by atoms with van der Waals surface area (Å²) in [5, 5.41) is 3.51. The van der Waals surface area contributed by atoms with E-state index in [1.165, 1.54) is 12.5 Å². The molecule has 0 radical (unpaired) electrons. The van der Waals surface area contributed by atoms with E-state index < -0.39 is 34.6 Å². The molecule has 34 heavy (non-hydrogen) atoms. The number of carbonyl (C=O) groups is 1. The first-order chi connectivity index (χ1) is 16.4. The van der Waals surface area contributed by atoms with Crippen LogP contribution in [0.4, 0.5) is 29.1 Å². The largest absolute Gasteiger partial charge is 0.369 e. The van der Waals surface area contributed by atoms with Gasteiger partial charge in [-0.15, -0.1) is 0 Å². The Morgan fingerprint density at radius 2 is 1.88 bits per heavy atom. The molecule has 1 fully saturated rings. The molecule has 3 N–H and O–H groups in total. The summed E-state index contributed by atoms with van der Waals surface area (Å²) in [5.74, 6) is -3.59. The first-order valence-corrected chi connectivity index (χ1v) is 11.2. The van der Waals surface area contributed by atoms with Crippen molar-refractivity contribution in [3.05, 3.63) is 77.3 Å². The SMILES string of the molecule is O=C(c1c(F)ccc(NSc2cc(F)ccc2F)c1F)c1c[nH]c2ncnc(NCC3CC3)c12. The van der Waals surface area contributed by atoms with Gasteiger partial charge in [0, 0.05) is 12.7 Å². The molecule has 1 aliphatic carbocycles. The Morgan fingerprint density at radius 3 is 2.68 bits per heavy atom. The van der Waals surface area contributed by atoms with Gasteiger partial charge in [0.15, 0.2) is 5.82 Å². The summed E-state index contributed by atoms with van der Waals surface area (Å²) in [4.78, 5) is 24.3. The van der Waals surface area contributed by atoms with Crippen LogP contribution in [0.25, 0.3) is 11.0 Å². The van der Waals surface area contributed by atoms with Crippen molar-refractivity contribution in [2.75, 3.05) is 16.6 Å². The van der Waals surface area contributed by atoms with Gasteiger partial charge in [0.1, 0.15) is 35.2 Å². The van der Waals surface area contributed by atoms with Gasteiger partial charge in [-0.05, 0) is 61.0 Å². The van der Waals surface area contributed by atoms with Gasteiger partial charge in [-0.2, -0.15) is 0 Å². The van der Waals surface area contributed by atoms with Crippen molar-refractivity contribution in [3.63, 3.8) is 0 Å². The van der Waals surface area contributed by atoms with Gasteiger partial charge in [0.2, 0.25) is 5.78 Å². The molecular formula is C23H17F4N5OS. The molecule has 5 rings (SSSR count). The van der Waals surface area contributed by atoms with E-state index in [0.29, 0.717) is 41.3 Å². The van der Waals surface area contributed by atoms with E-state index in [9.17, 15) is 18.0 Å². The number of hydrogen-bond donors (Lipinski definition) is 3. The Bertz CT molecular complexity index is 1410. The van der Waals surface area contributed by atoms with Gasteiger partial charge in [-0.1, -0.05) is 0 Å². The summed E-state index contributed by atoms with van der Waals surface area (Å²) in [6, 6.07) is 4.82. The number of nitrogens with zero attached hydrogens (tertiary/aromatic N) is 2. The van der Waals surface area contributed by atoms with Gasteiger partial charge < -0.3 is 15.0 Å². The quantitative estimate of drug-likeness (QED) is 0.168. The average molecular weight is 487 g/mol. The Morgan fingerprint density at radius 1 is 1.09 bits per heavy atom. The molecule has 2 heterocycles. The van der Waals surface area contributed by atoms with Crippen LogP contribution in [0.5, 0.6) is 0 Å². The van der Waals surface area contributed by atoms with Crippen LogP contribution in [0, 0.1) is 29.2 Å². The third-order valence-electron chi connectivity index (χ3n) is 5.45. The Labute approximate surface area is 195 Å². The van der Waals surface area contributed by atoms with Crippen molar-refractivity contribution < 1.29 is 22.4 Å². The fourth-order valence-corrected chi connectivity index (χ4v) is 4.19. The Balaban J connectivity index is 1.47. The topological polar surface area (TPSA) is 82.7 Å². The molecule has 0 unspecified atom stereocenters. The molecule has 11 heteroatoms. The van der Waals surface area contributed by atoms with Crippen molar-refractivity contribution in [2.24, 2.45) is 5.92 Å². The number of rotatable bonds is 8. The minimum atomic E-state index is -1.16. The molecule has 1 aliphatic rings. The summed E-state index contributed by atoms with van der Waals surface area (Å²) in [6.45, 7) is 0.668. The monoisotopic (exact) mass is 487 g/mol. The molecule has 1 saturated carbocycles. The zero-order valence-electron chi connectivity index (χ0n) is 17.5. The molecule has 0 saturated heterocycles. The average Bonchev–Trinajstić information content (AvgIpc) is 3.55. The van der Waals surface area contributed by atoms with Crippen molar-refractivity contribution in [2.45, 2.75) is 17.7 Å². The van der Waals surface area contributed by atoms with Gasteiger partial charge >= 0.3 is 0 Å². The predicted molar refractivity (Wildman–Crippen MR) is 121 cm³/mol. The highest BCUT2D eigenvalue weighted by atomic mass is 32.2. The highest BCUT2D eigenvalue weighted by Crippen LogP contribution is 2.33. The molecule has 174 valence electrons. The number of fused-ring (bicyclic) bond motifs is 1. The minimum Gasteiger partial charge on any atom is -0.369 e. The van der Waals surface area contributed by atoms with Crippen molar-refractivity contribution in [3.8, 4) is 0 Å². The molecular weight excluding hydrogens is 470 g/mol. The zero-order chi connectivity index (χ0) is 23.8. The molecule has 2 aromatic heterocycles. The van der Waals surface area contributed by atoms with Crippen LogP contribution in [-0.2, 0) is 0 Å². The van der Waals surface area contributed by atoms with E-state index in [-0.39, 0.29) is 16.1 Å². The maximum Gasteiger partial charge on any atom is 0.201 e. The Hall–Kier alpha value is -3.60. The van der Waals surface area contributed by atoms with E-state index >= 15 is 4.39 Å². The number of nitrogens with one attached hydrogen (secondary N) is 3. The molecule has 0 atom stereocenters. The number of aromatic nitrogens is 3. The number of anilines is 2. The summed E-state index contributed by atoms with van der Waals surface area (Å²) in [6.07, 6.45) is 4.87. The van der Waals surface area contributed by atoms with E-state index in [2.05, 4.69) is 25.0 Å². The number of benzene rings is 2. The molecule has 2 aromatic carbocycles. The Kier molecular flexibility index (Phi) is 5.86. The van der Waals surface area contributed by atoms with Gasteiger partial charge in [-0.3, -0.25) is 4.79 Å².